The highest BCUT2D eigenvalue weighted by Gasteiger charge is 2.12. The number of Topliss-reactive ketones (excluding diaryl/α,β-unsaturated/α-hetero) is 1. The van der Waals surface area contributed by atoms with E-state index >= 15 is 0 Å². The van der Waals surface area contributed by atoms with E-state index in [2.05, 4.69) is 26.5 Å². The summed E-state index contributed by atoms with van der Waals surface area (Å²) in [5.41, 5.74) is 2.87. The van der Waals surface area contributed by atoms with E-state index in [4.69, 9.17) is 0 Å². The molecule has 0 atom stereocenters. The van der Waals surface area contributed by atoms with Crippen molar-refractivity contribution in [2.24, 2.45) is 5.10 Å². The molecule has 1 aromatic carbocycles. The number of nitrogens with one attached hydrogen (secondary N) is 1. The van der Waals surface area contributed by atoms with E-state index in [1.54, 1.807) is 18.2 Å². The number of hydrazone groups is 1. The zero-order valence-corrected chi connectivity index (χ0v) is 11.7. The van der Waals surface area contributed by atoms with E-state index in [0.29, 0.717) is 5.69 Å². The molecular formula is C10H11BrN2O3S. The Labute approximate surface area is 108 Å². The number of hydrogen-bond acceptors (Lipinski definition) is 5. The van der Waals surface area contributed by atoms with Gasteiger partial charge in [-0.05, 0) is 28.1 Å². The minimum Gasteiger partial charge on any atom is -0.292 e. The molecule has 0 saturated carbocycles. The summed E-state index contributed by atoms with van der Waals surface area (Å²) in [5, 5.41) is 3.74. The number of ketones is 1. The minimum absolute atomic E-state index is 0.0980. The molecule has 0 heterocycles. The van der Waals surface area contributed by atoms with Crippen LogP contribution in [0.3, 0.4) is 0 Å². The first-order valence-corrected chi connectivity index (χ1v) is 7.30. The monoisotopic (exact) mass is 318 g/mol. The van der Waals surface area contributed by atoms with Crippen LogP contribution in [-0.4, -0.2) is 25.1 Å². The minimum atomic E-state index is -3.33. The Hall–Kier alpha value is -1.21. The summed E-state index contributed by atoms with van der Waals surface area (Å²) in [6.07, 6.45) is 1.11. The average Bonchev–Trinajstić information content (AvgIpc) is 2.24. The second-order valence-corrected chi connectivity index (χ2v) is 6.07. The van der Waals surface area contributed by atoms with Crippen molar-refractivity contribution >= 4 is 41.9 Å². The maximum absolute atomic E-state index is 11.5. The van der Waals surface area contributed by atoms with Crippen molar-refractivity contribution in [1.29, 1.82) is 0 Å². The van der Waals surface area contributed by atoms with Crippen LogP contribution in [0.15, 0.2) is 34.3 Å². The second-order valence-electron chi connectivity index (χ2n) is 3.34. The lowest BCUT2D eigenvalue weighted by Gasteiger charge is -2.06. The van der Waals surface area contributed by atoms with Gasteiger partial charge in [-0.15, -0.1) is 0 Å². The van der Waals surface area contributed by atoms with Gasteiger partial charge < -0.3 is 0 Å². The maximum atomic E-state index is 11.5. The van der Waals surface area contributed by atoms with E-state index in [0.717, 1.165) is 6.26 Å². The molecule has 0 radical (unpaired) electrons. The van der Waals surface area contributed by atoms with Gasteiger partial charge in [0.05, 0.1) is 10.6 Å². The highest BCUT2D eigenvalue weighted by molar-refractivity contribution is 9.19. The average molecular weight is 319 g/mol. The summed E-state index contributed by atoms with van der Waals surface area (Å²) in [5.74, 6) is -0.255. The third kappa shape index (κ3) is 3.94. The SMILES string of the molecule is CC(=O)/C(Br)=N\Nc1ccccc1S(C)(=O)=O. The fraction of sp³-hybridized carbons (Fsp3) is 0.200. The quantitative estimate of drug-likeness (QED) is 0.678. The van der Waals surface area contributed by atoms with Gasteiger partial charge in [0, 0.05) is 13.2 Å². The van der Waals surface area contributed by atoms with Crippen LogP contribution in [-0.2, 0) is 14.6 Å². The zero-order chi connectivity index (χ0) is 13.1. The van der Waals surface area contributed by atoms with Gasteiger partial charge in [-0.3, -0.25) is 10.2 Å². The van der Waals surface area contributed by atoms with Gasteiger partial charge in [-0.1, -0.05) is 12.1 Å². The van der Waals surface area contributed by atoms with Crippen molar-refractivity contribution in [3.63, 3.8) is 0 Å². The number of nitrogens with zero attached hydrogens (tertiary/aromatic N) is 1. The number of rotatable bonds is 4. The highest BCUT2D eigenvalue weighted by atomic mass is 79.9. The number of halogens is 1. The van der Waals surface area contributed by atoms with Gasteiger partial charge in [0.15, 0.2) is 20.2 Å². The van der Waals surface area contributed by atoms with E-state index in [9.17, 15) is 13.2 Å². The molecule has 0 amide bonds. The lowest BCUT2D eigenvalue weighted by molar-refractivity contribution is -0.110. The lowest BCUT2D eigenvalue weighted by Crippen LogP contribution is -2.06. The third-order valence-electron chi connectivity index (χ3n) is 1.85. The molecule has 7 heteroatoms. The van der Waals surface area contributed by atoms with Crippen LogP contribution in [0.2, 0.25) is 0 Å². The largest absolute Gasteiger partial charge is 0.292 e. The molecule has 0 fully saturated rings. The molecule has 0 aliphatic heterocycles. The van der Waals surface area contributed by atoms with Crippen molar-refractivity contribution in [1.82, 2.24) is 0 Å². The Morgan fingerprint density at radius 2 is 1.94 bits per heavy atom. The molecule has 0 saturated heterocycles. The number of carbonyl (C=O) groups excluding carboxylic acids is 1. The number of anilines is 1. The molecule has 5 nitrogen and oxygen atoms in total. The topological polar surface area (TPSA) is 75.6 Å². The first kappa shape index (κ1) is 13.9. The predicted octanol–water partition coefficient (Wildman–Crippen LogP) is 1.80. The highest BCUT2D eigenvalue weighted by Crippen LogP contribution is 2.20. The molecule has 0 aliphatic carbocycles. The number of carbonyl (C=O) groups is 1. The van der Waals surface area contributed by atoms with Crippen LogP contribution < -0.4 is 5.43 Å². The molecular weight excluding hydrogens is 308 g/mol. The number of hydrogen-bond donors (Lipinski definition) is 1. The summed E-state index contributed by atoms with van der Waals surface area (Å²) >= 11 is 2.96. The predicted molar refractivity (Wildman–Crippen MR) is 70.2 cm³/mol. The van der Waals surface area contributed by atoms with Crippen molar-refractivity contribution in [3.8, 4) is 0 Å². The first-order valence-electron chi connectivity index (χ1n) is 4.61. The van der Waals surface area contributed by atoms with Gasteiger partial charge in [0.2, 0.25) is 0 Å². The number of para-hydroxylation sites is 1. The Balaban J connectivity index is 3.09. The number of benzene rings is 1. The Morgan fingerprint density at radius 1 is 1.35 bits per heavy atom. The molecule has 0 aromatic heterocycles. The van der Waals surface area contributed by atoms with Crippen LogP contribution in [0.25, 0.3) is 0 Å². The van der Waals surface area contributed by atoms with Crippen molar-refractivity contribution in [2.75, 3.05) is 11.7 Å². The van der Waals surface area contributed by atoms with Crippen molar-refractivity contribution < 1.29 is 13.2 Å². The smallest absolute Gasteiger partial charge is 0.187 e. The number of sulfone groups is 1. The fourth-order valence-electron chi connectivity index (χ4n) is 1.07. The molecule has 1 N–H and O–H groups in total. The molecule has 0 aliphatic rings. The van der Waals surface area contributed by atoms with Crippen LogP contribution in [0.4, 0.5) is 5.69 Å². The second kappa shape index (κ2) is 5.42. The Bertz CT molecular complexity index is 567. The Kier molecular flexibility index (Phi) is 4.41. The van der Waals surface area contributed by atoms with Crippen LogP contribution in [0.5, 0.6) is 0 Å². The molecule has 0 unspecified atom stereocenters. The van der Waals surface area contributed by atoms with Gasteiger partial charge in [0.25, 0.3) is 0 Å². The Morgan fingerprint density at radius 3 is 2.47 bits per heavy atom. The standard InChI is InChI=1S/C10H11BrN2O3S/c1-7(14)10(11)13-12-8-5-3-4-6-9(8)17(2,15)16/h3-6,12H,1-2H3/b13-10+. The van der Waals surface area contributed by atoms with E-state index in [1.807, 2.05) is 0 Å². The molecule has 1 rings (SSSR count). The van der Waals surface area contributed by atoms with Crippen molar-refractivity contribution in [3.05, 3.63) is 24.3 Å². The first-order chi connectivity index (χ1) is 7.82. The molecule has 17 heavy (non-hydrogen) atoms. The molecule has 0 spiro atoms. The normalized spacial score (nSPS) is 12.3. The molecule has 0 bridgehead atoms. The summed E-state index contributed by atoms with van der Waals surface area (Å²) in [6, 6.07) is 6.33. The maximum Gasteiger partial charge on any atom is 0.187 e. The van der Waals surface area contributed by atoms with Gasteiger partial charge in [-0.2, -0.15) is 5.10 Å². The van der Waals surface area contributed by atoms with Crippen molar-refractivity contribution in [2.45, 2.75) is 11.8 Å². The fourth-order valence-corrected chi connectivity index (χ4v) is 2.00. The van der Waals surface area contributed by atoms with Crippen LogP contribution in [0, 0.1) is 0 Å². The van der Waals surface area contributed by atoms with Crippen LogP contribution in [0.1, 0.15) is 6.92 Å². The van der Waals surface area contributed by atoms with E-state index < -0.39 is 9.84 Å². The van der Waals surface area contributed by atoms with Crippen LogP contribution >= 0.6 is 15.9 Å². The van der Waals surface area contributed by atoms with E-state index in [-0.39, 0.29) is 15.3 Å². The third-order valence-corrected chi connectivity index (χ3v) is 3.74. The summed E-state index contributed by atoms with van der Waals surface area (Å²) in [4.78, 5) is 11.0. The summed E-state index contributed by atoms with van der Waals surface area (Å²) < 4.78 is 23.0. The summed E-state index contributed by atoms with van der Waals surface area (Å²) in [6.45, 7) is 1.34. The van der Waals surface area contributed by atoms with E-state index in [1.165, 1.54) is 13.0 Å². The molecule has 92 valence electrons. The van der Waals surface area contributed by atoms with Gasteiger partial charge in [-0.25, -0.2) is 8.42 Å². The summed E-state index contributed by atoms with van der Waals surface area (Å²) in [7, 11) is -3.33. The lowest BCUT2D eigenvalue weighted by atomic mass is 10.3. The zero-order valence-electron chi connectivity index (χ0n) is 9.27. The van der Waals surface area contributed by atoms with Gasteiger partial charge >= 0.3 is 0 Å². The van der Waals surface area contributed by atoms with Gasteiger partial charge in [0.1, 0.15) is 0 Å². The molecule has 1 aromatic rings.